The van der Waals surface area contributed by atoms with Crippen LogP contribution in [0.5, 0.6) is 0 Å². The second kappa shape index (κ2) is 7.00. The van der Waals surface area contributed by atoms with Gasteiger partial charge in [0.25, 0.3) is 0 Å². The van der Waals surface area contributed by atoms with Crippen molar-refractivity contribution in [3.8, 4) is 0 Å². The van der Waals surface area contributed by atoms with Gasteiger partial charge in [-0.25, -0.2) is 4.72 Å². The van der Waals surface area contributed by atoms with Crippen LogP contribution in [0.25, 0.3) is 0 Å². The molecular weight excluding hydrogens is 389 g/mol. The van der Waals surface area contributed by atoms with E-state index in [1.54, 1.807) is 12.3 Å². The number of benzene rings is 1. The molecular formula is C13H9BrClF3N2S. The second-order valence-electron chi connectivity index (χ2n) is 4.08. The fourth-order valence-corrected chi connectivity index (χ4v) is 3.02. The van der Waals surface area contributed by atoms with Crippen LogP contribution in [0.4, 0.5) is 13.2 Å². The Morgan fingerprint density at radius 2 is 1.86 bits per heavy atom. The van der Waals surface area contributed by atoms with Crippen molar-refractivity contribution >= 4 is 39.5 Å². The number of aromatic nitrogens is 1. The smallest absolute Gasteiger partial charge is 0.262 e. The number of halogens is 5. The highest BCUT2D eigenvalue weighted by molar-refractivity contribution is 9.10. The number of nitrogens with zero attached hydrogens (tertiary/aromatic N) is 1. The zero-order valence-corrected chi connectivity index (χ0v) is 13.5. The lowest BCUT2D eigenvalue weighted by atomic mass is 10.1. The summed E-state index contributed by atoms with van der Waals surface area (Å²) in [6, 6.07) is 5.46. The van der Waals surface area contributed by atoms with E-state index in [2.05, 4.69) is 25.6 Å². The van der Waals surface area contributed by atoms with Gasteiger partial charge in [-0.1, -0.05) is 23.7 Å². The van der Waals surface area contributed by atoms with Gasteiger partial charge in [-0.15, -0.1) is 0 Å². The predicted octanol–water partition coefficient (Wildman–Crippen LogP) is 5.40. The first kappa shape index (κ1) is 16.6. The van der Waals surface area contributed by atoms with Crippen molar-refractivity contribution in [2.24, 2.45) is 0 Å². The zero-order valence-electron chi connectivity index (χ0n) is 10.4. The predicted molar refractivity (Wildman–Crippen MR) is 81.2 cm³/mol. The topological polar surface area (TPSA) is 24.9 Å². The molecule has 1 heterocycles. The number of pyridine rings is 1. The van der Waals surface area contributed by atoms with Gasteiger partial charge in [0.2, 0.25) is 0 Å². The Kier molecular flexibility index (Phi) is 5.54. The van der Waals surface area contributed by atoms with E-state index in [-0.39, 0.29) is 5.56 Å². The van der Waals surface area contributed by atoms with Crippen LogP contribution in [0.15, 0.2) is 52.1 Å². The molecule has 1 aromatic carbocycles. The molecule has 1 aromatic heterocycles. The van der Waals surface area contributed by atoms with E-state index in [4.69, 9.17) is 11.6 Å². The van der Waals surface area contributed by atoms with Crippen molar-refractivity contribution in [3.05, 3.63) is 57.8 Å². The summed E-state index contributed by atoms with van der Waals surface area (Å²) >= 11 is 9.79. The number of alkyl halides is 3. The highest BCUT2D eigenvalue weighted by Gasteiger charge is 2.40. The number of nitrogens with one attached hydrogen (secondary N) is 1. The summed E-state index contributed by atoms with van der Waals surface area (Å²) in [7, 11) is 0. The lowest BCUT2D eigenvalue weighted by Crippen LogP contribution is -2.30. The molecule has 1 atom stereocenters. The van der Waals surface area contributed by atoms with Gasteiger partial charge in [0.05, 0.1) is 0 Å². The average molecular weight is 398 g/mol. The van der Waals surface area contributed by atoms with E-state index in [9.17, 15) is 13.2 Å². The molecule has 0 saturated heterocycles. The largest absolute Gasteiger partial charge is 0.408 e. The molecule has 2 rings (SSSR count). The molecule has 0 aliphatic rings. The summed E-state index contributed by atoms with van der Waals surface area (Å²) < 4.78 is 42.6. The third-order valence-electron chi connectivity index (χ3n) is 2.51. The van der Waals surface area contributed by atoms with Crippen molar-refractivity contribution in [3.63, 3.8) is 0 Å². The molecule has 1 N–H and O–H groups in total. The molecule has 0 amide bonds. The molecule has 2 nitrogen and oxygen atoms in total. The average Bonchev–Trinajstić information content (AvgIpc) is 2.39. The minimum Gasteiger partial charge on any atom is -0.262 e. The summed E-state index contributed by atoms with van der Waals surface area (Å²) in [4.78, 5) is 4.48. The number of hydrogen-bond donors (Lipinski definition) is 1. The van der Waals surface area contributed by atoms with Crippen LogP contribution in [0, 0.1) is 0 Å². The van der Waals surface area contributed by atoms with E-state index in [0.717, 1.165) is 11.9 Å². The summed E-state index contributed by atoms with van der Waals surface area (Å²) in [5.41, 5.74) is 0.0994. The molecule has 0 saturated carbocycles. The minimum atomic E-state index is -4.42. The van der Waals surface area contributed by atoms with Gasteiger partial charge in [-0.3, -0.25) is 4.98 Å². The molecule has 0 bridgehead atoms. The van der Waals surface area contributed by atoms with Crippen molar-refractivity contribution in [2.45, 2.75) is 17.1 Å². The lowest BCUT2D eigenvalue weighted by molar-refractivity contribution is -0.152. The Hall–Kier alpha value is -0.760. The third-order valence-corrected chi connectivity index (χ3v) is 4.00. The van der Waals surface area contributed by atoms with Crippen molar-refractivity contribution in [1.82, 2.24) is 9.71 Å². The first-order valence-electron chi connectivity index (χ1n) is 5.71. The molecule has 0 spiro atoms. The molecule has 0 aliphatic heterocycles. The monoisotopic (exact) mass is 396 g/mol. The van der Waals surface area contributed by atoms with E-state index in [1.165, 1.54) is 30.5 Å². The Morgan fingerprint density at radius 3 is 2.43 bits per heavy atom. The molecule has 0 radical (unpaired) electrons. The van der Waals surface area contributed by atoms with Gasteiger partial charge < -0.3 is 0 Å². The minimum absolute atomic E-state index is 0.0994. The summed E-state index contributed by atoms with van der Waals surface area (Å²) in [5, 5.41) is 0.392. The van der Waals surface area contributed by atoms with Crippen molar-refractivity contribution in [2.75, 3.05) is 0 Å². The van der Waals surface area contributed by atoms with Gasteiger partial charge in [0, 0.05) is 26.8 Å². The summed E-state index contributed by atoms with van der Waals surface area (Å²) in [6.07, 6.45) is -1.37. The first-order chi connectivity index (χ1) is 9.86. The van der Waals surface area contributed by atoms with Gasteiger partial charge in [0.15, 0.2) is 0 Å². The fourth-order valence-electron chi connectivity index (χ4n) is 1.55. The quantitative estimate of drug-likeness (QED) is 0.699. The van der Waals surface area contributed by atoms with Crippen LogP contribution in [-0.4, -0.2) is 11.2 Å². The van der Waals surface area contributed by atoms with Gasteiger partial charge in [-0.05, 0) is 51.6 Å². The molecule has 0 fully saturated rings. The lowest BCUT2D eigenvalue weighted by Gasteiger charge is -2.21. The molecule has 0 unspecified atom stereocenters. The standard InChI is InChI=1S/C13H9BrClF3N2S/c14-9-5-11(7-19-6-9)21-20-12(13(16,17)18)8-1-3-10(15)4-2-8/h1-7,12,20H/t12-/m1/s1. The van der Waals surface area contributed by atoms with Crippen LogP contribution >= 0.6 is 39.5 Å². The number of hydrogen-bond acceptors (Lipinski definition) is 3. The normalized spacial score (nSPS) is 13.2. The maximum atomic E-state index is 13.2. The van der Waals surface area contributed by atoms with Gasteiger partial charge in [-0.2, -0.15) is 13.2 Å². The van der Waals surface area contributed by atoms with E-state index in [1.807, 2.05) is 0 Å². The van der Waals surface area contributed by atoms with Gasteiger partial charge in [0.1, 0.15) is 6.04 Å². The fraction of sp³-hybridized carbons (Fsp3) is 0.154. The van der Waals surface area contributed by atoms with E-state index >= 15 is 0 Å². The third kappa shape index (κ3) is 4.88. The maximum absolute atomic E-state index is 13.2. The van der Waals surface area contributed by atoms with Crippen LogP contribution in [0.3, 0.4) is 0 Å². The highest BCUT2D eigenvalue weighted by atomic mass is 79.9. The molecule has 0 aliphatic carbocycles. The van der Waals surface area contributed by atoms with Crippen molar-refractivity contribution < 1.29 is 13.2 Å². The van der Waals surface area contributed by atoms with Crippen LogP contribution in [-0.2, 0) is 0 Å². The zero-order chi connectivity index (χ0) is 15.5. The number of rotatable bonds is 4. The van der Waals surface area contributed by atoms with Crippen LogP contribution in [0.1, 0.15) is 11.6 Å². The molecule has 8 heteroatoms. The highest BCUT2D eigenvalue weighted by Crippen LogP contribution is 2.35. The first-order valence-corrected chi connectivity index (χ1v) is 7.70. The van der Waals surface area contributed by atoms with E-state index < -0.39 is 12.2 Å². The SMILES string of the molecule is FC(F)(F)[C@H](NSc1cncc(Br)c1)c1ccc(Cl)cc1. The molecule has 21 heavy (non-hydrogen) atoms. The Labute approximate surface area is 137 Å². The second-order valence-corrected chi connectivity index (χ2v) is 6.35. The van der Waals surface area contributed by atoms with Crippen LogP contribution in [0.2, 0.25) is 5.02 Å². The van der Waals surface area contributed by atoms with Crippen LogP contribution < -0.4 is 4.72 Å². The van der Waals surface area contributed by atoms with Gasteiger partial charge >= 0.3 is 6.18 Å². The summed E-state index contributed by atoms with van der Waals surface area (Å²) in [6.45, 7) is 0. The molecule has 112 valence electrons. The van der Waals surface area contributed by atoms with E-state index in [0.29, 0.717) is 14.4 Å². The summed E-state index contributed by atoms with van der Waals surface area (Å²) in [5.74, 6) is 0. The Balaban J connectivity index is 2.16. The Morgan fingerprint density at radius 1 is 1.19 bits per heavy atom. The maximum Gasteiger partial charge on any atom is 0.408 e. The molecule has 2 aromatic rings. The Bertz CT molecular complexity index is 607. The van der Waals surface area contributed by atoms with Crippen molar-refractivity contribution in [1.29, 1.82) is 0 Å².